The summed E-state index contributed by atoms with van der Waals surface area (Å²) in [6.07, 6.45) is 8.55. The Hall–Kier alpha value is -0.130. The third-order valence-corrected chi connectivity index (χ3v) is 1.20. The van der Waals surface area contributed by atoms with Gasteiger partial charge in [-0.25, -0.2) is 0 Å². The molecule has 0 bridgehead atoms. The van der Waals surface area contributed by atoms with E-state index in [1.807, 2.05) is 0 Å². The second-order valence-corrected chi connectivity index (χ2v) is 2.05. The molecule has 0 atom stereocenters. The minimum absolute atomic E-state index is 1.09. The average Bonchev–Trinajstić information content (AvgIpc) is 1.81. The molecule has 0 heteroatoms. The number of unbranched alkanes of at least 4 members (excludes halogenated alkanes) is 5. The molecular formula is C8H16+. The van der Waals surface area contributed by atoms with Crippen molar-refractivity contribution < 1.29 is 0 Å². The SMILES string of the molecule is [CH2+]CCCC[CH]CC. The van der Waals surface area contributed by atoms with E-state index in [1.165, 1.54) is 25.7 Å². The molecule has 0 aliphatic heterocycles. The van der Waals surface area contributed by atoms with Crippen molar-refractivity contribution in [3.63, 3.8) is 0 Å². The van der Waals surface area contributed by atoms with Crippen LogP contribution in [0.2, 0.25) is 0 Å². The Kier molecular flexibility index (Phi) is 6.76. The first-order valence-corrected chi connectivity index (χ1v) is 3.52. The van der Waals surface area contributed by atoms with Crippen LogP contribution in [-0.2, 0) is 0 Å². The van der Waals surface area contributed by atoms with Gasteiger partial charge in [-0.15, -0.1) is 0 Å². The van der Waals surface area contributed by atoms with Crippen LogP contribution in [0.3, 0.4) is 0 Å². The van der Waals surface area contributed by atoms with Crippen LogP contribution >= 0.6 is 0 Å². The first-order chi connectivity index (χ1) is 3.91. The lowest BCUT2D eigenvalue weighted by Gasteiger charge is -1.91. The molecule has 0 aliphatic carbocycles. The van der Waals surface area contributed by atoms with E-state index in [0.717, 1.165) is 6.42 Å². The van der Waals surface area contributed by atoms with Gasteiger partial charge in [0.2, 0.25) is 0 Å². The highest BCUT2D eigenvalue weighted by atomic mass is 13.9. The molecule has 8 heavy (non-hydrogen) atoms. The van der Waals surface area contributed by atoms with Crippen LogP contribution in [0.15, 0.2) is 0 Å². The monoisotopic (exact) mass is 112 g/mol. The van der Waals surface area contributed by atoms with E-state index in [1.54, 1.807) is 0 Å². The molecular weight excluding hydrogens is 96.1 g/mol. The summed E-state index contributed by atoms with van der Waals surface area (Å²) in [6, 6.07) is 0. The summed E-state index contributed by atoms with van der Waals surface area (Å²) in [5.74, 6) is 0. The van der Waals surface area contributed by atoms with Gasteiger partial charge < -0.3 is 0 Å². The van der Waals surface area contributed by atoms with Gasteiger partial charge in [-0.05, 0) is 19.3 Å². The first kappa shape index (κ1) is 7.87. The fourth-order valence-corrected chi connectivity index (χ4v) is 0.670. The maximum Gasteiger partial charge on any atom is 0.0850 e. The maximum absolute atomic E-state index is 3.77. The van der Waals surface area contributed by atoms with Gasteiger partial charge in [0.1, 0.15) is 0 Å². The van der Waals surface area contributed by atoms with E-state index in [2.05, 4.69) is 20.3 Å². The van der Waals surface area contributed by atoms with Gasteiger partial charge in [-0.1, -0.05) is 19.8 Å². The Morgan fingerprint density at radius 3 is 2.62 bits per heavy atom. The van der Waals surface area contributed by atoms with Crippen molar-refractivity contribution in [3.8, 4) is 0 Å². The quantitative estimate of drug-likeness (QED) is 0.379. The number of hydrogen-bond donors (Lipinski definition) is 0. The molecule has 1 radical (unpaired) electrons. The van der Waals surface area contributed by atoms with Crippen LogP contribution in [0.5, 0.6) is 0 Å². The predicted molar refractivity (Wildman–Crippen MR) is 38.4 cm³/mol. The van der Waals surface area contributed by atoms with E-state index in [-0.39, 0.29) is 0 Å². The lowest BCUT2D eigenvalue weighted by Crippen LogP contribution is -1.75. The highest BCUT2D eigenvalue weighted by Gasteiger charge is 1.86. The lowest BCUT2D eigenvalue weighted by atomic mass is 10.1. The first-order valence-electron chi connectivity index (χ1n) is 3.52. The normalized spacial score (nSPS) is 9.62. The average molecular weight is 112 g/mol. The zero-order valence-electron chi connectivity index (χ0n) is 5.82. The zero-order valence-corrected chi connectivity index (χ0v) is 5.82. The van der Waals surface area contributed by atoms with E-state index >= 15 is 0 Å². The molecule has 0 fully saturated rings. The van der Waals surface area contributed by atoms with Crippen molar-refractivity contribution in [1.82, 2.24) is 0 Å². The molecule has 0 nitrogen and oxygen atoms in total. The van der Waals surface area contributed by atoms with Crippen LogP contribution in [-0.4, -0.2) is 0 Å². The second kappa shape index (κ2) is 6.87. The Morgan fingerprint density at radius 2 is 2.12 bits per heavy atom. The van der Waals surface area contributed by atoms with Gasteiger partial charge in [0.25, 0.3) is 0 Å². The Labute approximate surface area is 53.3 Å². The second-order valence-electron chi connectivity index (χ2n) is 2.05. The Bertz CT molecular complexity index is 25.0. The summed E-state index contributed by atoms with van der Waals surface area (Å²) in [7, 11) is 0. The van der Waals surface area contributed by atoms with Gasteiger partial charge in [-0.2, -0.15) is 0 Å². The highest BCUT2D eigenvalue weighted by Crippen LogP contribution is 2.02. The molecule has 0 N–H and O–H groups in total. The van der Waals surface area contributed by atoms with E-state index in [4.69, 9.17) is 0 Å². The van der Waals surface area contributed by atoms with Crippen LogP contribution in [0.25, 0.3) is 0 Å². The van der Waals surface area contributed by atoms with Crippen molar-refractivity contribution in [1.29, 1.82) is 0 Å². The zero-order chi connectivity index (χ0) is 6.24. The molecule has 0 unspecified atom stereocenters. The minimum atomic E-state index is 1.09. The molecule has 0 saturated carbocycles. The largest absolute Gasteiger partial charge is 0.0850 e. The Morgan fingerprint density at radius 1 is 1.38 bits per heavy atom. The van der Waals surface area contributed by atoms with Crippen molar-refractivity contribution >= 4 is 0 Å². The number of rotatable bonds is 5. The van der Waals surface area contributed by atoms with Crippen LogP contribution in [0, 0.1) is 13.3 Å². The van der Waals surface area contributed by atoms with Crippen molar-refractivity contribution in [2.45, 2.75) is 39.0 Å². The summed E-state index contributed by atoms with van der Waals surface area (Å²) in [4.78, 5) is 0. The highest BCUT2D eigenvalue weighted by molar-refractivity contribution is 4.60. The van der Waals surface area contributed by atoms with E-state index < -0.39 is 0 Å². The van der Waals surface area contributed by atoms with Crippen molar-refractivity contribution in [2.24, 2.45) is 0 Å². The molecule has 0 heterocycles. The predicted octanol–water partition coefficient (Wildman–Crippen LogP) is 3.00. The summed E-state index contributed by atoms with van der Waals surface area (Å²) in [6.45, 7) is 5.95. The van der Waals surface area contributed by atoms with Gasteiger partial charge in [0.05, 0.1) is 13.3 Å². The molecule has 0 rings (SSSR count). The molecule has 0 saturated heterocycles. The molecule has 47 valence electrons. The fourth-order valence-electron chi connectivity index (χ4n) is 0.670. The van der Waals surface area contributed by atoms with Crippen LogP contribution in [0.4, 0.5) is 0 Å². The van der Waals surface area contributed by atoms with Gasteiger partial charge in [-0.3, -0.25) is 0 Å². The summed E-state index contributed by atoms with van der Waals surface area (Å²) >= 11 is 0. The third kappa shape index (κ3) is 5.87. The molecule has 0 aromatic heterocycles. The summed E-state index contributed by atoms with van der Waals surface area (Å²) < 4.78 is 0. The van der Waals surface area contributed by atoms with E-state index in [9.17, 15) is 0 Å². The molecule has 0 aliphatic rings. The summed E-state index contributed by atoms with van der Waals surface area (Å²) in [5, 5.41) is 0. The maximum atomic E-state index is 3.77. The van der Waals surface area contributed by atoms with Gasteiger partial charge in [0.15, 0.2) is 0 Å². The smallest absolute Gasteiger partial charge is 0.0651 e. The van der Waals surface area contributed by atoms with Crippen molar-refractivity contribution in [2.75, 3.05) is 0 Å². The van der Waals surface area contributed by atoms with Crippen LogP contribution in [0.1, 0.15) is 39.0 Å². The standard InChI is InChI=1S/C8H16/c1-3-5-7-8-6-4-2/h6H,1,3-5,7-8H2,2H3/q+1. The van der Waals surface area contributed by atoms with Gasteiger partial charge >= 0.3 is 0 Å². The van der Waals surface area contributed by atoms with Crippen LogP contribution < -0.4 is 0 Å². The molecule has 0 amide bonds. The van der Waals surface area contributed by atoms with E-state index in [0.29, 0.717) is 0 Å². The third-order valence-electron chi connectivity index (χ3n) is 1.20. The number of hydrogen-bond acceptors (Lipinski definition) is 0. The fraction of sp³-hybridized carbons (Fsp3) is 0.750. The molecule has 0 spiro atoms. The summed E-state index contributed by atoms with van der Waals surface area (Å²) in [5.41, 5.74) is 0. The minimum Gasteiger partial charge on any atom is -0.0651 e. The Balaban J connectivity index is 2.53. The topological polar surface area (TPSA) is 0 Å². The lowest BCUT2D eigenvalue weighted by molar-refractivity contribution is 0.722. The molecule has 0 aromatic carbocycles. The van der Waals surface area contributed by atoms with Gasteiger partial charge in [0, 0.05) is 0 Å². The molecule has 0 aromatic rings. The van der Waals surface area contributed by atoms with Crippen molar-refractivity contribution in [3.05, 3.63) is 13.3 Å².